The zero-order valence-electron chi connectivity index (χ0n) is 13.1. The molecule has 4 aromatic rings. The third-order valence-electron chi connectivity index (χ3n) is 4.13. The van der Waals surface area contributed by atoms with Gasteiger partial charge in [-0.15, -0.1) is 15.0 Å². The van der Waals surface area contributed by atoms with Crippen LogP contribution in [0.3, 0.4) is 0 Å². The van der Waals surface area contributed by atoms with E-state index in [2.05, 4.69) is 22.3 Å². The van der Waals surface area contributed by atoms with Crippen molar-refractivity contribution >= 4 is 11.0 Å². The Morgan fingerprint density at radius 1 is 0.708 bits per heavy atom. The molecule has 1 heterocycles. The monoisotopic (exact) mass is 315 g/mol. The van der Waals surface area contributed by atoms with Crippen LogP contribution in [0.25, 0.3) is 16.7 Å². The van der Waals surface area contributed by atoms with Crippen LogP contribution in [0.1, 0.15) is 11.1 Å². The summed E-state index contributed by atoms with van der Waals surface area (Å²) < 4.78 is 0. The number of nitrogens with zero attached hydrogens (tertiary/aromatic N) is 3. The number of hydrogen-bond acceptors (Lipinski definition) is 3. The van der Waals surface area contributed by atoms with Crippen molar-refractivity contribution < 1.29 is 5.11 Å². The van der Waals surface area contributed by atoms with Gasteiger partial charge in [0.05, 0.1) is 0 Å². The molecule has 4 rings (SSSR count). The Morgan fingerprint density at radius 2 is 1.38 bits per heavy atom. The van der Waals surface area contributed by atoms with Crippen LogP contribution < -0.4 is 0 Å². The lowest BCUT2D eigenvalue weighted by Crippen LogP contribution is -2.01. The lowest BCUT2D eigenvalue weighted by molar-refractivity contribution is 0.460. The third-order valence-corrected chi connectivity index (χ3v) is 4.13. The number of aromatic nitrogens is 3. The Balaban J connectivity index is 1.65. The maximum absolute atomic E-state index is 10.6. The number of hydrogen-bond donors (Lipinski definition) is 1. The van der Waals surface area contributed by atoms with Crippen LogP contribution in [0.4, 0.5) is 0 Å². The molecule has 0 fully saturated rings. The molecule has 0 aliphatic carbocycles. The fraction of sp³-hybridized carbons (Fsp3) is 0.100. The minimum absolute atomic E-state index is 0.244. The second-order valence-electron chi connectivity index (χ2n) is 5.75. The molecule has 0 saturated heterocycles. The number of aryl methyl sites for hydroxylation is 2. The maximum atomic E-state index is 10.6. The smallest absolute Gasteiger partial charge is 0.146 e. The summed E-state index contributed by atoms with van der Waals surface area (Å²) in [6.45, 7) is 0. The summed E-state index contributed by atoms with van der Waals surface area (Å²) >= 11 is 0. The minimum atomic E-state index is 0.244. The highest BCUT2D eigenvalue weighted by molar-refractivity contribution is 5.73. The molecule has 24 heavy (non-hydrogen) atoms. The summed E-state index contributed by atoms with van der Waals surface area (Å²) in [5.41, 5.74) is 4.39. The van der Waals surface area contributed by atoms with E-state index in [1.54, 1.807) is 0 Å². The van der Waals surface area contributed by atoms with E-state index < -0.39 is 0 Å². The van der Waals surface area contributed by atoms with Crippen LogP contribution in [0.2, 0.25) is 0 Å². The Bertz CT molecular complexity index is 944. The molecular formula is C20H17N3O. The van der Waals surface area contributed by atoms with Crippen molar-refractivity contribution in [2.45, 2.75) is 12.8 Å². The molecule has 118 valence electrons. The summed E-state index contributed by atoms with van der Waals surface area (Å²) in [7, 11) is 0. The quantitative estimate of drug-likeness (QED) is 0.621. The van der Waals surface area contributed by atoms with Gasteiger partial charge in [-0.1, -0.05) is 54.6 Å². The zero-order valence-corrected chi connectivity index (χ0v) is 13.1. The summed E-state index contributed by atoms with van der Waals surface area (Å²) in [5, 5.41) is 19.5. The highest BCUT2D eigenvalue weighted by Gasteiger charge is 2.12. The molecule has 0 radical (unpaired) electrons. The lowest BCUT2D eigenvalue weighted by Gasteiger charge is -2.09. The average Bonchev–Trinajstić information content (AvgIpc) is 3.05. The SMILES string of the molecule is Oc1c(CCc2ccccc2)cccc1-n1nc2ccccc2n1. The van der Waals surface area contributed by atoms with Crippen LogP contribution in [0.15, 0.2) is 72.8 Å². The fourth-order valence-electron chi connectivity index (χ4n) is 2.83. The molecule has 0 aliphatic heterocycles. The van der Waals surface area contributed by atoms with Crippen LogP contribution in [0, 0.1) is 0 Å². The van der Waals surface area contributed by atoms with Gasteiger partial charge in [-0.2, -0.15) is 0 Å². The van der Waals surface area contributed by atoms with E-state index >= 15 is 0 Å². The number of rotatable bonds is 4. The lowest BCUT2D eigenvalue weighted by atomic mass is 10.0. The van der Waals surface area contributed by atoms with Gasteiger partial charge < -0.3 is 5.11 Å². The van der Waals surface area contributed by atoms with Crippen molar-refractivity contribution in [3.8, 4) is 11.4 Å². The molecule has 0 atom stereocenters. The number of fused-ring (bicyclic) bond motifs is 1. The molecule has 1 aromatic heterocycles. The maximum Gasteiger partial charge on any atom is 0.146 e. The van der Waals surface area contributed by atoms with Crippen molar-refractivity contribution in [3.05, 3.63) is 83.9 Å². The van der Waals surface area contributed by atoms with Gasteiger partial charge in [-0.3, -0.25) is 0 Å². The molecule has 1 N–H and O–H groups in total. The first-order valence-electron chi connectivity index (χ1n) is 7.98. The number of para-hydroxylation sites is 1. The van der Waals surface area contributed by atoms with E-state index in [-0.39, 0.29) is 5.75 Å². The van der Waals surface area contributed by atoms with E-state index in [0.717, 1.165) is 29.4 Å². The normalized spacial score (nSPS) is 11.0. The van der Waals surface area contributed by atoms with Crippen molar-refractivity contribution in [2.75, 3.05) is 0 Å². The number of benzene rings is 3. The van der Waals surface area contributed by atoms with Gasteiger partial charge in [0.2, 0.25) is 0 Å². The summed E-state index contributed by atoms with van der Waals surface area (Å²) in [5.74, 6) is 0.244. The molecule has 4 heteroatoms. The molecule has 0 spiro atoms. The second-order valence-corrected chi connectivity index (χ2v) is 5.75. The minimum Gasteiger partial charge on any atom is -0.505 e. The fourth-order valence-corrected chi connectivity index (χ4v) is 2.83. The predicted molar refractivity (Wildman–Crippen MR) is 94.4 cm³/mol. The number of aromatic hydroxyl groups is 1. The van der Waals surface area contributed by atoms with Crippen molar-refractivity contribution in [1.82, 2.24) is 15.0 Å². The molecule has 0 aliphatic rings. The van der Waals surface area contributed by atoms with E-state index in [4.69, 9.17) is 0 Å². The van der Waals surface area contributed by atoms with Gasteiger partial charge in [0.1, 0.15) is 22.5 Å². The summed E-state index contributed by atoms with van der Waals surface area (Å²) in [6.07, 6.45) is 1.65. The van der Waals surface area contributed by atoms with Crippen molar-refractivity contribution in [3.63, 3.8) is 0 Å². The van der Waals surface area contributed by atoms with E-state index in [1.165, 1.54) is 10.4 Å². The largest absolute Gasteiger partial charge is 0.505 e. The highest BCUT2D eigenvalue weighted by atomic mass is 16.3. The first-order valence-corrected chi connectivity index (χ1v) is 7.98. The van der Waals surface area contributed by atoms with E-state index in [9.17, 15) is 5.11 Å². The van der Waals surface area contributed by atoms with Gasteiger partial charge >= 0.3 is 0 Å². The summed E-state index contributed by atoms with van der Waals surface area (Å²) in [6, 6.07) is 23.7. The van der Waals surface area contributed by atoms with Crippen LogP contribution in [0.5, 0.6) is 5.75 Å². The van der Waals surface area contributed by atoms with Gasteiger partial charge in [0.25, 0.3) is 0 Å². The van der Waals surface area contributed by atoms with Gasteiger partial charge in [0, 0.05) is 0 Å². The van der Waals surface area contributed by atoms with E-state index in [1.807, 2.05) is 60.7 Å². The molecule has 0 saturated carbocycles. The molecule has 4 nitrogen and oxygen atoms in total. The Labute approximate surface area is 140 Å². The van der Waals surface area contributed by atoms with Crippen LogP contribution in [-0.2, 0) is 12.8 Å². The standard InChI is InChI=1S/C20H17N3O/c24-20-16(14-13-15-7-2-1-3-8-15)9-6-12-19(20)23-21-17-10-4-5-11-18(17)22-23/h1-12,24H,13-14H2. The predicted octanol–water partition coefficient (Wildman–Crippen LogP) is 3.91. The Morgan fingerprint density at radius 3 is 2.08 bits per heavy atom. The molecule has 0 bridgehead atoms. The highest BCUT2D eigenvalue weighted by Crippen LogP contribution is 2.27. The third kappa shape index (κ3) is 2.74. The average molecular weight is 315 g/mol. The summed E-state index contributed by atoms with van der Waals surface area (Å²) in [4.78, 5) is 1.51. The van der Waals surface area contributed by atoms with Gasteiger partial charge in [0.15, 0.2) is 0 Å². The Kier molecular flexibility index (Phi) is 3.71. The molecular weight excluding hydrogens is 298 g/mol. The van der Waals surface area contributed by atoms with Gasteiger partial charge in [-0.05, 0) is 42.2 Å². The van der Waals surface area contributed by atoms with Crippen molar-refractivity contribution in [1.29, 1.82) is 0 Å². The first-order chi connectivity index (χ1) is 11.8. The van der Waals surface area contributed by atoms with Crippen LogP contribution >= 0.6 is 0 Å². The molecule has 0 unspecified atom stereocenters. The molecule has 3 aromatic carbocycles. The first kappa shape index (κ1) is 14.5. The van der Waals surface area contributed by atoms with Gasteiger partial charge in [-0.25, -0.2) is 0 Å². The second kappa shape index (κ2) is 6.16. The number of phenols is 1. The topological polar surface area (TPSA) is 50.9 Å². The van der Waals surface area contributed by atoms with Crippen molar-refractivity contribution in [2.24, 2.45) is 0 Å². The van der Waals surface area contributed by atoms with E-state index in [0.29, 0.717) is 5.69 Å². The molecule has 0 amide bonds. The van der Waals surface area contributed by atoms with Crippen LogP contribution in [-0.4, -0.2) is 20.1 Å². The Hall–Kier alpha value is -3.14. The zero-order chi connectivity index (χ0) is 16.4. The number of phenolic OH excluding ortho intramolecular Hbond substituents is 1.